The van der Waals surface area contributed by atoms with Gasteiger partial charge in [-0.25, -0.2) is 0 Å². The van der Waals surface area contributed by atoms with Crippen molar-refractivity contribution in [3.8, 4) is 11.8 Å². The Bertz CT molecular complexity index is 343. The molecule has 0 bridgehead atoms. The molecule has 0 heterocycles. The molecule has 0 amide bonds. The lowest BCUT2D eigenvalue weighted by molar-refractivity contribution is 0.474. The third-order valence-corrected chi connectivity index (χ3v) is 1.81. The fraction of sp³-hybridized carbons (Fsp3) is 0.222. The van der Waals surface area contributed by atoms with Gasteiger partial charge in [-0.2, -0.15) is 5.26 Å². The molecule has 0 saturated carbocycles. The molecule has 0 aliphatic rings. The zero-order valence-electron chi connectivity index (χ0n) is 7.07. The van der Waals surface area contributed by atoms with E-state index in [1.54, 1.807) is 6.07 Å². The molecule has 1 rings (SSSR count). The number of rotatable bonds is 2. The minimum absolute atomic E-state index is 0.0597. The molecule has 0 spiro atoms. The zero-order chi connectivity index (χ0) is 9.84. The van der Waals surface area contributed by atoms with Crippen molar-refractivity contribution in [1.82, 2.24) is 0 Å². The molecule has 0 fully saturated rings. The van der Waals surface area contributed by atoms with E-state index in [1.165, 1.54) is 12.1 Å². The highest BCUT2D eigenvalue weighted by molar-refractivity contribution is 5.44. The molecule has 5 N–H and O–H groups in total. The summed E-state index contributed by atoms with van der Waals surface area (Å²) in [5.74, 6) is 0.0597. The maximum Gasteiger partial charge on any atom is 0.116 e. The highest BCUT2D eigenvalue weighted by atomic mass is 16.3. The molecule has 1 aromatic rings. The Morgan fingerprint density at radius 2 is 2.23 bits per heavy atom. The summed E-state index contributed by atoms with van der Waals surface area (Å²) >= 11 is 0. The van der Waals surface area contributed by atoms with E-state index in [0.717, 1.165) is 0 Å². The smallest absolute Gasteiger partial charge is 0.116 e. The molecule has 1 unspecified atom stereocenters. The standard InChI is InChI=1S/C9H11N3O/c10-4-6-3-7(13)1-2-8(6)9(12)5-11/h1-3,9,13H,5,11-12H2. The van der Waals surface area contributed by atoms with Gasteiger partial charge in [-0.1, -0.05) is 6.07 Å². The summed E-state index contributed by atoms with van der Waals surface area (Å²) in [6.45, 7) is 0.277. The molecule has 0 saturated heterocycles. The third-order valence-electron chi connectivity index (χ3n) is 1.81. The highest BCUT2D eigenvalue weighted by Crippen LogP contribution is 2.19. The van der Waals surface area contributed by atoms with Crippen LogP contribution in [0, 0.1) is 11.3 Å². The second kappa shape index (κ2) is 3.90. The first kappa shape index (κ1) is 9.52. The first-order valence-electron chi connectivity index (χ1n) is 3.87. The molecule has 13 heavy (non-hydrogen) atoms. The van der Waals surface area contributed by atoms with Crippen molar-refractivity contribution in [3.63, 3.8) is 0 Å². The fourth-order valence-electron chi connectivity index (χ4n) is 1.09. The number of nitrogens with zero attached hydrogens (tertiary/aromatic N) is 1. The predicted octanol–water partition coefficient (Wildman–Crippen LogP) is 0.222. The Balaban J connectivity index is 3.15. The van der Waals surface area contributed by atoms with Crippen LogP contribution in [0.5, 0.6) is 5.75 Å². The summed E-state index contributed by atoms with van der Waals surface area (Å²) in [5, 5.41) is 17.8. The summed E-state index contributed by atoms with van der Waals surface area (Å²) in [5.41, 5.74) is 12.1. The lowest BCUT2D eigenvalue weighted by Crippen LogP contribution is -2.21. The Morgan fingerprint density at radius 3 is 2.77 bits per heavy atom. The first-order valence-corrected chi connectivity index (χ1v) is 3.87. The van der Waals surface area contributed by atoms with Crippen molar-refractivity contribution in [3.05, 3.63) is 29.3 Å². The summed E-state index contributed by atoms with van der Waals surface area (Å²) in [7, 11) is 0. The van der Waals surface area contributed by atoms with Crippen molar-refractivity contribution in [2.75, 3.05) is 6.54 Å². The van der Waals surface area contributed by atoms with Crippen molar-refractivity contribution in [2.45, 2.75) is 6.04 Å². The number of nitriles is 1. The van der Waals surface area contributed by atoms with Crippen LogP contribution in [0.3, 0.4) is 0 Å². The highest BCUT2D eigenvalue weighted by Gasteiger charge is 2.09. The van der Waals surface area contributed by atoms with Crippen LogP contribution in [0.2, 0.25) is 0 Å². The second-order valence-electron chi connectivity index (χ2n) is 2.73. The lowest BCUT2D eigenvalue weighted by atomic mass is 10.0. The number of phenols is 1. The van der Waals surface area contributed by atoms with E-state index in [2.05, 4.69) is 0 Å². The van der Waals surface area contributed by atoms with Gasteiger partial charge < -0.3 is 16.6 Å². The van der Waals surface area contributed by atoms with E-state index in [4.69, 9.17) is 21.8 Å². The van der Waals surface area contributed by atoms with Crippen LogP contribution >= 0.6 is 0 Å². The van der Waals surface area contributed by atoms with Crippen LogP contribution in [0.4, 0.5) is 0 Å². The van der Waals surface area contributed by atoms with Crippen LogP contribution in [0.25, 0.3) is 0 Å². The van der Waals surface area contributed by atoms with Crippen LogP contribution in [-0.2, 0) is 0 Å². The van der Waals surface area contributed by atoms with Crippen LogP contribution < -0.4 is 11.5 Å². The average Bonchev–Trinajstić information content (AvgIpc) is 2.16. The van der Waals surface area contributed by atoms with E-state index in [0.29, 0.717) is 11.1 Å². The van der Waals surface area contributed by atoms with Crippen LogP contribution in [0.1, 0.15) is 17.2 Å². The molecule has 0 aliphatic heterocycles. The van der Waals surface area contributed by atoms with E-state index in [9.17, 15) is 0 Å². The molecule has 0 radical (unpaired) electrons. The number of hydrogen-bond donors (Lipinski definition) is 3. The van der Waals surface area contributed by atoms with Gasteiger partial charge in [0.25, 0.3) is 0 Å². The maximum absolute atomic E-state index is 9.10. The van der Waals surface area contributed by atoms with Crippen molar-refractivity contribution >= 4 is 0 Å². The number of nitrogens with two attached hydrogens (primary N) is 2. The Labute approximate surface area is 76.4 Å². The van der Waals surface area contributed by atoms with Gasteiger partial charge >= 0.3 is 0 Å². The molecule has 68 valence electrons. The van der Waals surface area contributed by atoms with E-state index in [-0.39, 0.29) is 18.3 Å². The summed E-state index contributed by atoms with van der Waals surface area (Å²) in [6.07, 6.45) is 0. The van der Waals surface area contributed by atoms with Crippen molar-refractivity contribution in [2.24, 2.45) is 11.5 Å². The van der Waals surface area contributed by atoms with Crippen molar-refractivity contribution < 1.29 is 5.11 Å². The quantitative estimate of drug-likeness (QED) is 0.602. The predicted molar refractivity (Wildman–Crippen MR) is 48.8 cm³/mol. The summed E-state index contributed by atoms with van der Waals surface area (Å²) in [6, 6.07) is 6.09. The molecule has 0 aliphatic carbocycles. The van der Waals surface area contributed by atoms with Crippen LogP contribution in [-0.4, -0.2) is 11.7 Å². The molecule has 1 aromatic carbocycles. The lowest BCUT2D eigenvalue weighted by Gasteiger charge is -2.10. The maximum atomic E-state index is 9.10. The molecular weight excluding hydrogens is 166 g/mol. The molecular formula is C9H11N3O. The molecule has 1 atom stereocenters. The number of phenolic OH excluding ortho intramolecular Hbond substituents is 1. The fourth-order valence-corrected chi connectivity index (χ4v) is 1.09. The zero-order valence-corrected chi connectivity index (χ0v) is 7.07. The largest absolute Gasteiger partial charge is 0.508 e. The van der Waals surface area contributed by atoms with Gasteiger partial charge in [-0.05, 0) is 17.7 Å². The molecule has 4 nitrogen and oxygen atoms in total. The van der Waals surface area contributed by atoms with Crippen LogP contribution in [0.15, 0.2) is 18.2 Å². The third kappa shape index (κ3) is 1.96. The minimum Gasteiger partial charge on any atom is -0.508 e. The van der Waals surface area contributed by atoms with Gasteiger partial charge in [-0.3, -0.25) is 0 Å². The van der Waals surface area contributed by atoms with E-state index < -0.39 is 0 Å². The van der Waals surface area contributed by atoms with Gasteiger partial charge in [0.05, 0.1) is 11.6 Å². The Morgan fingerprint density at radius 1 is 1.54 bits per heavy atom. The van der Waals surface area contributed by atoms with Gasteiger partial charge in [-0.15, -0.1) is 0 Å². The van der Waals surface area contributed by atoms with Gasteiger partial charge in [0.15, 0.2) is 0 Å². The van der Waals surface area contributed by atoms with Gasteiger partial charge in [0.2, 0.25) is 0 Å². The number of aromatic hydroxyl groups is 1. The van der Waals surface area contributed by atoms with Gasteiger partial charge in [0.1, 0.15) is 5.75 Å². The monoisotopic (exact) mass is 177 g/mol. The van der Waals surface area contributed by atoms with E-state index >= 15 is 0 Å². The van der Waals surface area contributed by atoms with Crippen molar-refractivity contribution in [1.29, 1.82) is 5.26 Å². The molecule has 0 aromatic heterocycles. The minimum atomic E-state index is -0.352. The number of hydrogen-bond acceptors (Lipinski definition) is 4. The normalized spacial score (nSPS) is 12.1. The summed E-state index contributed by atoms with van der Waals surface area (Å²) < 4.78 is 0. The summed E-state index contributed by atoms with van der Waals surface area (Å²) in [4.78, 5) is 0. The average molecular weight is 177 g/mol. The second-order valence-corrected chi connectivity index (χ2v) is 2.73. The Hall–Kier alpha value is -1.57. The topological polar surface area (TPSA) is 96.1 Å². The van der Waals surface area contributed by atoms with E-state index in [1.807, 2.05) is 6.07 Å². The number of benzene rings is 1. The molecule has 4 heteroatoms. The Kier molecular flexibility index (Phi) is 2.85. The SMILES string of the molecule is N#Cc1cc(O)ccc1C(N)CN. The van der Waals surface area contributed by atoms with Gasteiger partial charge in [0, 0.05) is 12.6 Å². The first-order chi connectivity index (χ1) is 6.19.